The molecule has 0 aliphatic rings. The van der Waals surface area contributed by atoms with Crippen molar-refractivity contribution < 1.29 is 14.2 Å². The molecule has 1 amide bonds. The summed E-state index contributed by atoms with van der Waals surface area (Å²) in [7, 11) is 0. The highest BCUT2D eigenvalue weighted by Crippen LogP contribution is 2.28. The highest BCUT2D eigenvalue weighted by atomic mass is 16.6. The van der Waals surface area contributed by atoms with E-state index < -0.39 is 0 Å². The van der Waals surface area contributed by atoms with Crippen LogP contribution in [0.2, 0.25) is 0 Å². The third-order valence-electron chi connectivity index (χ3n) is 4.77. The summed E-state index contributed by atoms with van der Waals surface area (Å²) in [6.07, 6.45) is 0. The molecule has 0 aliphatic heterocycles. The average Bonchev–Trinajstić information content (AvgIpc) is 3.42. The van der Waals surface area contributed by atoms with E-state index in [9.17, 15) is 9.59 Å². The molecule has 4 aromatic rings. The number of amides is 1. The van der Waals surface area contributed by atoms with E-state index in [1.165, 1.54) is 0 Å². The monoisotopic (exact) mass is 434 g/mol. The molecule has 0 bridgehead atoms. The maximum atomic E-state index is 13.1. The minimum absolute atomic E-state index is 0.0214. The lowest BCUT2D eigenvalue weighted by atomic mass is 10.1. The second kappa shape index (κ2) is 9.37. The molecule has 0 saturated heterocycles. The van der Waals surface area contributed by atoms with Gasteiger partial charge in [-0.3, -0.25) is 9.59 Å². The third kappa shape index (κ3) is 4.33. The summed E-state index contributed by atoms with van der Waals surface area (Å²) >= 11 is 0. The largest absolute Gasteiger partial charge is 0.364 e. The van der Waals surface area contributed by atoms with Crippen LogP contribution >= 0.6 is 0 Å². The fraction of sp³-hybridized carbons (Fsp3) is 0.190. The van der Waals surface area contributed by atoms with Gasteiger partial charge >= 0.3 is 0 Å². The fourth-order valence-corrected chi connectivity index (χ4v) is 3.24. The quantitative estimate of drug-likeness (QED) is 0.283. The molecule has 11 nitrogen and oxygen atoms in total. The number of carbonyl (C=O) groups is 2. The molecule has 0 fully saturated rings. The number of hydrogen-bond donors (Lipinski definition) is 4. The molecule has 2 heterocycles. The standard InChI is InChI=1S/C21H22N8O3/c22-9-10-24-20-19(27-32-28-20)21-26-15-3-1-2-4-16(15)29(21)12-17(30)13-5-7-14(8-6-13)25-18(31)11-23/h1-8H,9-12,22-23H2,(H,24,28)(H,25,31). The SMILES string of the molecule is NCCNc1nonc1-c1nc2ccccc2n1CC(=O)c1ccc(NC(=O)CN)cc1. The van der Waals surface area contributed by atoms with Gasteiger partial charge in [0.2, 0.25) is 11.7 Å². The smallest absolute Gasteiger partial charge is 0.238 e. The van der Waals surface area contributed by atoms with Gasteiger partial charge in [-0.25, -0.2) is 9.61 Å². The number of nitrogens with one attached hydrogen (secondary N) is 2. The van der Waals surface area contributed by atoms with Gasteiger partial charge in [-0.1, -0.05) is 12.1 Å². The van der Waals surface area contributed by atoms with Crippen LogP contribution in [-0.4, -0.2) is 51.2 Å². The number of benzene rings is 2. The fourth-order valence-electron chi connectivity index (χ4n) is 3.24. The number of nitrogens with two attached hydrogens (primary N) is 2. The maximum absolute atomic E-state index is 13.1. The van der Waals surface area contributed by atoms with Crippen molar-refractivity contribution in [2.75, 3.05) is 30.3 Å². The van der Waals surface area contributed by atoms with E-state index in [2.05, 4.69) is 25.9 Å². The second-order valence-electron chi connectivity index (χ2n) is 6.94. The summed E-state index contributed by atoms with van der Waals surface area (Å²) in [6.45, 7) is 0.792. The summed E-state index contributed by atoms with van der Waals surface area (Å²) in [5.41, 5.74) is 13.8. The molecule has 4 rings (SSSR count). The number of para-hydroxylation sites is 2. The first-order chi connectivity index (χ1) is 15.6. The van der Waals surface area contributed by atoms with Crippen molar-refractivity contribution in [1.82, 2.24) is 19.9 Å². The predicted molar refractivity (Wildman–Crippen MR) is 119 cm³/mol. The van der Waals surface area contributed by atoms with Crippen molar-refractivity contribution in [3.8, 4) is 11.5 Å². The molecule has 0 unspecified atom stereocenters. The van der Waals surface area contributed by atoms with Crippen molar-refractivity contribution >= 4 is 34.2 Å². The maximum Gasteiger partial charge on any atom is 0.238 e. The summed E-state index contributed by atoms with van der Waals surface area (Å²) in [4.78, 5) is 29.2. The highest BCUT2D eigenvalue weighted by molar-refractivity contribution is 5.98. The first kappa shape index (κ1) is 21.2. The number of Topliss-reactive ketones (excluding diaryl/α,β-unsaturated/α-hetero) is 1. The van der Waals surface area contributed by atoms with E-state index in [0.29, 0.717) is 47.2 Å². The number of ketones is 1. The van der Waals surface area contributed by atoms with Gasteiger partial charge in [0.05, 0.1) is 24.1 Å². The molecule has 0 aliphatic carbocycles. The number of nitrogens with zero attached hydrogens (tertiary/aromatic N) is 4. The van der Waals surface area contributed by atoms with Crippen LogP contribution < -0.4 is 22.1 Å². The zero-order valence-electron chi connectivity index (χ0n) is 17.1. The van der Waals surface area contributed by atoms with Gasteiger partial charge in [-0.15, -0.1) is 0 Å². The van der Waals surface area contributed by atoms with Gasteiger partial charge in [-0.05, 0) is 46.7 Å². The highest BCUT2D eigenvalue weighted by Gasteiger charge is 2.22. The Labute approximate surface area is 182 Å². The van der Waals surface area contributed by atoms with Gasteiger partial charge in [0, 0.05) is 24.3 Å². The molecule has 0 spiro atoms. The number of anilines is 2. The van der Waals surface area contributed by atoms with Crippen molar-refractivity contribution in [3.63, 3.8) is 0 Å². The van der Waals surface area contributed by atoms with Crippen LogP contribution in [0, 0.1) is 0 Å². The molecular formula is C21H22N8O3. The zero-order valence-corrected chi connectivity index (χ0v) is 17.1. The molecule has 0 radical (unpaired) electrons. The van der Waals surface area contributed by atoms with Gasteiger partial charge in [0.15, 0.2) is 17.3 Å². The summed E-state index contributed by atoms with van der Waals surface area (Å²) in [5, 5.41) is 13.6. The molecular weight excluding hydrogens is 412 g/mol. The summed E-state index contributed by atoms with van der Waals surface area (Å²) in [6, 6.07) is 14.1. The lowest BCUT2D eigenvalue weighted by Crippen LogP contribution is -2.21. The molecule has 2 aromatic heterocycles. The van der Waals surface area contributed by atoms with Crippen LogP contribution in [0.1, 0.15) is 10.4 Å². The Kier molecular flexibility index (Phi) is 6.19. The second-order valence-corrected chi connectivity index (χ2v) is 6.94. The lowest BCUT2D eigenvalue weighted by Gasteiger charge is -2.09. The number of hydrogen-bond acceptors (Lipinski definition) is 9. The summed E-state index contributed by atoms with van der Waals surface area (Å²) in [5.74, 6) is 0.407. The van der Waals surface area contributed by atoms with Crippen LogP contribution in [0.4, 0.5) is 11.5 Å². The Hall–Kier alpha value is -4.09. The van der Waals surface area contributed by atoms with Crippen LogP contribution in [0.5, 0.6) is 0 Å². The van der Waals surface area contributed by atoms with Crippen molar-refractivity contribution in [3.05, 3.63) is 54.1 Å². The molecule has 32 heavy (non-hydrogen) atoms. The van der Waals surface area contributed by atoms with E-state index in [0.717, 1.165) is 5.52 Å². The number of aromatic nitrogens is 4. The van der Waals surface area contributed by atoms with Crippen molar-refractivity contribution in [2.24, 2.45) is 11.5 Å². The van der Waals surface area contributed by atoms with Crippen LogP contribution in [0.15, 0.2) is 53.2 Å². The Morgan fingerprint density at radius 1 is 1.03 bits per heavy atom. The van der Waals surface area contributed by atoms with E-state index in [4.69, 9.17) is 16.1 Å². The normalized spacial score (nSPS) is 10.9. The molecule has 2 aromatic carbocycles. The van der Waals surface area contributed by atoms with Crippen LogP contribution in [-0.2, 0) is 11.3 Å². The number of imidazole rings is 1. The van der Waals surface area contributed by atoms with Crippen LogP contribution in [0.25, 0.3) is 22.6 Å². The number of carbonyl (C=O) groups excluding carboxylic acids is 2. The first-order valence-corrected chi connectivity index (χ1v) is 9.96. The Balaban J connectivity index is 1.66. The molecule has 11 heteroatoms. The predicted octanol–water partition coefficient (Wildman–Crippen LogP) is 1.24. The average molecular weight is 434 g/mol. The van der Waals surface area contributed by atoms with E-state index in [1.54, 1.807) is 28.8 Å². The molecule has 0 saturated carbocycles. The zero-order chi connectivity index (χ0) is 22.5. The Bertz CT molecular complexity index is 1250. The third-order valence-corrected chi connectivity index (χ3v) is 4.77. The van der Waals surface area contributed by atoms with Crippen LogP contribution in [0.3, 0.4) is 0 Å². The van der Waals surface area contributed by atoms with Crippen molar-refractivity contribution in [2.45, 2.75) is 6.54 Å². The van der Waals surface area contributed by atoms with E-state index >= 15 is 0 Å². The van der Waals surface area contributed by atoms with Gasteiger partial charge in [-0.2, -0.15) is 0 Å². The van der Waals surface area contributed by atoms with Crippen molar-refractivity contribution in [1.29, 1.82) is 0 Å². The minimum atomic E-state index is -0.307. The lowest BCUT2D eigenvalue weighted by molar-refractivity contribution is -0.114. The topological polar surface area (TPSA) is 167 Å². The summed E-state index contributed by atoms with van der Waals surface area (Å²) < 4.78 is 6.68. The molecule has 6 N–H and O–H groups in total. The van der Waals surface area contributed by atoms with Gasteiger partial charge < -0.3 is 26.7 Å². The molecule has 0 atom stereocenters. The molecule has 164 valence electrons. The van der Waals surface area contributed by atoms with E-state index in [1.807, 2.05) is 24.3 Å². The van der Waals surface area contributed by atoms with Gasteiger partial charge in [0.1, 0.15) is 0 Å². The minimum Gasteiger partial charge on any atom is -0.364 e. The number of rotatable bonds is 9. The Morgan fingerprint density at radius 3 is 2.56 bits per heavy atom. The van der Waals surface area contributed by atoms with Gasteiger partial charge in [0.25, 0.3) is 0 Å². The first-order valence-electron chi connectivity index (χ1n) is 9.96. The van der Waals surface area contributed by atoms with E-state index in [-0.39, 0.29) is 24.8 Å². The number of fused-ring (bicyclic) bond motifs is 1. The Morgan fingerprint density at radius 2 is 1.81 bits per heavy atom.